The highest BCUT2D eigenvalue weighted by atomic mass is 32.1. The van der Waals surface area contributed by atoms with Crippen molar-refractivity contribution >= 4 is 28.2 Å². The molecule has 0 unspecified atom stereocenters. The summed E-state index contributed by atoms with van der Waals surface area (Å²) in [5.41, 5.74) is 1.62. The van der Waals surface area contributed by atoms with Crippen molar-refractivity contribution < 1.29 is 23.8 Å². The molecular weight excluding hydrogens is 410 g/mol. The van der Waals surface area contributed by atoms with Crippen LogP contribution in [0.15, 0.2) is 23.6 Å². The third-order valence-electron chi connectivity index (χ3n) is 4.24. The van der Waals surface area contributed by atoms with Gasteiger partial charge in [-0.1, -0.05) is 6.07 Å². The number of hydrogen-bond acceptors (Lipinski definition) is 9. The maximum Gasteiger partial charge on any atom is 0.341 e. The fourth-order valence-electron chi connectivity index (χ4n) is 2.78. The zero-order valence-corrected chi connectivity index (χ0v) is 17.8. The lowest BCUT2D eigenvalue weighted by Gasteiger charge is -2.11. The summed E-state index contributed by atoms with van der Waals surface area (Å²) in [5, 5.41) is 16.0. The summed E-state index contributed by atoms with van der Waals surface area (Å²) >= 11 is 1.23. The Bertz CT molecular complexity index is 1060. The zero-order chi connectivity index (χ0) is 21.7. The maximum atomic E-state index is 12.7. The molecule has 10 nitrogen and oxygen atoms in total. The molecule has 3 aromatic rings. The molecule has 30 heavy (non-hydrogen) atoms. The number of carbonyl (C=O) groups is 2. The van der Waals surface area contributed by atoms with Gasteiger partial charge in [-0.15, -0.1) is 16.4 Å². The molecule has 1 amide bonds. The van der Waals surface area contributed by atoms with Crippen molar-refractivity contribution in [1.29, 1.82) is 0 Å². The fraction of sp³-hybridized carbons (Fsp3) is 0.316. The normalized spacial score (nSPS) is 10.5. The first-order chi connectivity index (χ1) is 14.5. The lowest BCUT2D eigenvalue weighted by atomic mass is 10.0. The minimum atomic E-state index is -0.529. The number of benzene rings is 1. The second kappa shape index (κ2) is 9.35. The van der Waals surface area contributed by atoms with Crippen molar-refractivity contribution in [3.63, 3.8) is 0 Å². The second-order valence-corrected chi connectivity index (χ2v) is 6.97. The number of rotatable bonds is 8. The molecule has 1 N–H and O–H groups in total. The summed E-state index contributed by atoms with van der Waals surface area (Å²) in [5.74, 6) is 0.622. The van der Waals surface area contributed by atoms with Gasteiger partial charge in [0.05, 0.1) is 27.2 Å². The monoisotopic (exact) mass is 431 g/mol. The molecule has 0 aliphatic heterocycles. The van der Waals surface area contributed by atoms with Gasteiger partial charge in [-0.25, -0.2) is 9.48 Å². The molecule has 158 valence electrons. The lowest BCUT2D eigenvalue weighted by Crippen LogP contribution is -2.18. The molecule has 0 aliphatic carbocycles. The largest absolute Gasteiger partial charge is 0.493 e. The Hall–Kier alpha value is -3.47. The van der Waals surface area contributed by atoms with Crippen LogP contribution in [-0.4, -0.2) is 52.9 Å². The molecule has 0 atom stereocenters. The first kappa shape index (κ1) is 21.2. The lowest BCUT2D eigenvalue weighted by molar-refractivity contribution is -0.115. The number of tetrazole rings is 1. The summed E-state index contributed by atoms with van der Waals surface area (Å²) in [6, 6.07) is 5.32. The van der Waals surface area contributed by atoms with Crippen molar-refractivity contribution in [2.24, 2.45) is 7.05 Å². The van der Waals surface area contributed by atoms with Crippen LogP contribution in [0, 0.1) is 0 Å². The van der Waals surface area contributed by atoms with Gasteiger partial charge in [0, 0.05) is 18.0 Å². The Labute approximate surface area is 176 Å². The first-order valence-electron chi connectivity index (χ1n) is 9.00. The van der Waals surface area contributed by atoms with Crippen LogP contribution < -0.4 is 14.8 Å². The number of aromatic nitrogens is 4. The summed E-state index contributed by atoms with van der Waals surface area (Å²) in [6.45, 7) is 1.93. The Morgan fingerprint density at radius 1 is 1.20 bits per heavy atom. The number of thiophene rings is 1. The van der Waals surface area contributed by atoms with Crippen molar-refractivity contribution in [3.05, 3.63) is 35.0 Å². The molecule has 2 aromatic heterocycles. The smallest absolute Gasteiger partial charge is 0.341 e. The third-order valence-corrected chi connectivity index (χ3v) is 5.14. The van der Waals surface area contributed by atoms with Crippen LogP contribution in [0.25, 0.3) is 11.1 Å². The molecule has 0 bridgehead atoms. The van der Waals surface area contributed by atoms with Gasteiger partial charge < -0.3 is 19.5 Å². The number of aryl methyl sites for hydroxylation is 1. The van der Waals surface area contributed by atoms with E-state index in [1.54, 1.807) is 38.6 Å². The number of carbonyl (C=O) groups excluding carboxylic acids is 2. The molecule has 0 saturated carbocycles. The predicted molar refractivity (Wildman–Crippen MR) is 110 cm³/mol. The molecule has 3 rings (SSSR count). The number of methoxy groups -OCH3 is 2. The van der Waals surface area contributed by atoms with E-state index in [-0.39, 0.29) is 24.5 Å². The number of amides is 1. The minimum absolute atomic E-state index is 0.0324. The summed E-state index contributed by atoms with van der Waals surface area (Å²) in [4.78, 5) is 25.2. The van der Waals surface area contributed by atoms with E-state index in [1.165, 1.54) is 23.1 Å². The topological polar surface area (TPSA) is 117 Å². The van der Waals surface area contributed by atoms with Crippen LogP contribution >= 0.6 is 11.3 Å². The molecule has 1 aromatic carbocycles. The van der Waals surface area contributed by atoms with E-state index < -0.39 is 5.97 Å². The van der Waals surface area contributed by atoms with E-state index in [4.69, 9.17) is 14.2 Å². The van der Waals surface area contributed by atoms with Gasteiger partial charge in [-0.2, -0.15) is 0 Å². The fourth-order valence-corrected chi connectivity index (χ4v) is 3.76. The Kier molecular flexibility index (Phi) is 6.62. The number of esters is 1. The predicted octanol–water partition coefficient (Wildman–Crippen LogP) is 2.31. The summed E-state index contributed by atoms with van der Waals surface area (Å²) < 4.78 is 17.3. The van der Waals surface area contributed by atoms with Crippen molar-refractivity contribution in [2.45, 2.75) is 13.3 Å². The SMILES string of the molecule is CCOC(=O)c1c(-c2ccc(OC)c(OC)c2)csc1NC(=O)Cc1nnnn1C. The van der Waals surface area contributed by atoms with Crippen LogP contribution in [0.1, 0.15) is 23.1 Å². The summed E-state index contributed by atoms with van der Waals surface area (Å²) in [7, 11) is 4.73. The van der Waals surface area contributed by atoms with Crippen molar-refractivity contribution in [3.8, 4) is 22.6 Å². The third kappa shape index (κ3) is 4.40. The molecule has 0 fully saturated rings. The van der Waals surface area contributed by atoms with E-state index in [1.807, 2.05) is 6.07 Å². The van der Waals surface area contributed by atoms with Gasteiger partial charge in [-0.05, 0) is 35.0 Å². The molecule has 0 spiro atoms. The highest BCUT2D eigenvalue weighted by Crippen LogP contribution is 2.39. The van der Waals surface area contributed by atoms with Gasteiger partial charge >= 0.3 is 5.97 Å². The van der Waals surface area contributed by atoms with Crippen LogP contribution in [0.5, 0.6) is 11.5 Å². The Balaban J connectivity index is 1.95. The van der Waals surface area contributed by atoms with Gasteiger partial charge in [0.15, 0.2) is 17.3 Å². The van der Waals surface area contributed by atoms with Gasteiger partial charge in [0.2, 0.25) is 5.91 Å². The van der Waals surface area contributed by atoms with Crippen molar-refractivity contribution in [2.75, 3.05) is 26.1 Å². The highest BCUT2D eigenvalue weighted by molar-refractivity contribution is 7.15. The molecule has 11 heteroatoms. The van der Waals surface area contributed by atoms with Gasteiger partial charge in [0.25, 0.3) is 0 Å². The van der Waals surface area contributed by atoms with E-state index in [9.17, 15) is 9.59 Å². The highest BCUT2D eigenvalue weighted by Gasteiger charge is 2.24. The number of anilines is 1. The average molecular weight is 431 g/mol. The molecule has 0 aliphatic rings. The maximum absolute atomic E-state index is 12.7. The van der Waals surface area contributed by atoms with Crippen LogP contribution in [0.4, 0.5) is 5.00 Å². The van der Waals surface area contributed by atoms with Crippen LogP contribution in [0.2, 0.25) is 0 Å². The van der Waals surface area contributed by atoms with E-state index >= 15 is 0 Å². The standard InChI is InChI=1S/C19H21N5O5S/c1-5-29-19(26)17-12(11-6-7-13(27-3)14(8-11)28-4)10-30-18(17)20-16(25)9-15-21-22-23-24(15)2/h6-8,10H,5,9H2,1-4H3,(H,20,25). The van der Waals surface area contributed by atoms with Crippen molar-refractivity contribution in [1.82, 2.24) is 20.2 Å². The van der Waals surface area contributed by atoms with Gasteiger partial charge in [0.1, 0.15) is 10.6 Å². The van der Waals surface area contributed by atoms with E-state index in [2.05, 4.69) is 20.8 Å². The van der Waals surface area contributed by atoms with E-state index in [0.29, 0.717) is 27.9 Å². The Morgan fingerprint density at radius 3 is 2.60 bits per heavy atom. The molecular formula is C19H21N5O5S. The van der Waals surface area contributed by atoms with Crippen LogP contribution in [0.3, 0.4) is 0 Å². The number of ether oxygens (including phenoxy) is 3. The first-order valence-corrected chi connectivity index (χ1v) is 9.88. The zero-order valence-electron chi connectivity index (χ0n) is 17.0. The molecule has 2 heterocycles. The minimum Gasteiger partial charge on any atom is -0.493 e. The summed E-state index contributed by atoms with van der Waals surface area (Å²) in [6.07, 6.45) is -0.0324. The average Bonchev–Trinajstić information content (AvgIpc) is 3.33. The second-order valence-electron chi connectivity index (χ2n) is 6.09. The number of hydrogen-bond donors (Lipinski definition) is 1. The number of nitrogens with zero attached hydrogens (tertiary/aromatic N) is 4. The van der Waals surface area contributed by atoms with E-state index in [0.717, 1.165) is 5.56 Å². The molecule has 0 saturated heterocycles. The number of nitrogens with one attached hydrogen (secondary N) is 1. The Morgan fingerprint density at radius 2 is 1.97 bits per heavy atom. The van der Waals surface area contributed by atoms with Gasteiger partial charge in [-0.3, -0.25) is 4.79 Å². The van der Waals surface area contributed by atoms with Crippen LogP contribution in [-0.2, 0) is 23.0 Å². The quantitative estimate of drug-likeness (QED) is 0.540. The molecule has 0 radical (unpaired) electrons.